The van der Waals surface area contributed by atoms with E-state index in [1.54, 1.807) is 0 Å². The van der Waals surface area contributed by atoms with Crippen molar-refractivity contribution < 1.29 is 9.59 Å². The molecule has 0 spiro atoms. The molecule has 2 N–H and O–H groups in total. The smallest absolute Gasteiger partial charge is 0.193 e. The fourth-order valence-corrected chi connectivity index (χ4v) is 4.22. The first-order chi connectivity index (χ1) is 13.2. The van der Waals surface area contributed by atoms with Crippen molar-refractivity contribution in [3.8, 4) is 0 Å². The largest absolute Gasteiger partial charge is 0.345 e. The third-order valence-corrected chi connectivity index (χ3v) is 6.21. The van der Waals surface area contributed by atoms with Crippen LogP contribution in [0.15, 0.2) is 24.6 Å². The van der Waals surface area contributed by atoms with Gasteiger partial charge in [-0.25, -0.2) is 0 Å². The molecule has 3 atom stereocenters. The summed E-state index contributed by atoms with van der Waals surface area (Å²) in [6, 6.07) is 0. The number of unbranched alkanes of at least 4 members (excludes halogenated alkanes) is 12. The molecule has 0 saturated heterocycles. The van der Waals surface area contributed by atoms with E-state index in [4.69, 9.17) is 0 Å². The van der Waals surface area contributed by atoms with Crippen molar-refractivity contribution in [3.05, 3.63) is 24.6 Å². The van der Waals surface area contributed by atoms with Crippen molar-refractivity contribution in [2.24, 2.45) is 0 Å². The van der Waals surface area contributed by atoms with Crippen molar-refractivity contribution in [1.82, 2.24) is 5.32 Å². The summed E-state index contributed by atoms with van der Waals surface area (Å²) in [6.07, 6.45) is 27.7. The number of nitrogens with zero attached hydrogens (tertiary/aromatic N) is 1. The quantitative estimate of drug-likeness (QED) is 0.169. The van der Waals surface area contributed by atoms with E-state index in [0.29, 0.717) is 4.48 Å². The second-order valence-corrected chi connectivity index (χ2v) is 8.33. The molecule has 1 aliphatic heterocycles. The number of quaternary nitrogens is 1. The van der Waals surface area contributed by atoms with E-state index in [9.17, 15) is 5.11 Å². The van der Waals surface area contributed by atoms with Gasteiger partial charge in [0.15, 0.2) is 12.4 Å². The Morgan fingerprint density at radius 1 is 0.889 bits per heavy atom. The molecule has 27 heavy (non-hydrogen) atoms. The van der Waals surface area contributed by atoms with Crippen LogP contribution in [0.3, 0.4) is 0 Å². The molecule has 0 aromatic carbocycles. The number of aliphatic hydroxyl groups excluding tert-OH is 1. The Labute approximate surface area is 169 Å². The maximum absolute atomic E-state index is 10.2. The summed E-state index contributed by atoms with van der Waals surface area (Å²) >= 11 is 0. The molecule has 3 heteroatoms. The highest BCUT2D eigenvalue weighted by Crippen LogP contribution is 2.24. The van der Waals surface area contributed by atoms with Gasteiger partial charge in [0.25, 0.3) is 0 Å². The molecule has 0 aromatic heterocycles. The van der Waals surface area contributed by atoms with E-state index in [2.05, 4.69) is 37.5 Å². The summed E-state index contributed by atoms with van der Waals surface area (Å²) < 4.78 is 0.628. The van der Waals surface area contributed by atoms with Crippen LogP contribution in [0.25, 0.3) is 0 Å². The summed E-state index contributed by atoms with van der Waals surface area (Å²) in [7, 11) is 0. The standard InChI is InChI=1S/C24H47N2O/c1-4-6-7-8-9-10-11-12-13-14-15-16-17-18-19-20-24-25-21-22-26(24,5-2)23(3)27/h18-19,21-25,27H,4-17,20H2,1-3H3/q+1/b19-18+. The minimum absolute atomic E-state index is 0.272. The fraction of sp³-hybridized carbons (Fsp3) is 0.833. The highest BCUT2D eigenvalue weighted by atomic mass is 16.3. The number of hydrogen-bond donors (Lipinski definition) is 2. The lowest BCUT2D eigenvalue weighted by Gasteiger charge is -2.38. The van der Waals surface area contributed by atoms with E-state index in [1.807, 2.05) is 13.1 Å². The number of allylic oxidation sites excluding steroid dienone is 1. The average Bonchev–Trinajstić information content (AvgIpc) is 3.09. The highest BCUT2D eigenvalue weighted by Gasteiger charge is 2.40. The summed E-state index contributed by atoms with van der Waals surface area (Å²) in [5, 5.41) is 13.6. The summed E-state index contributed by atoms with van der Waals surface area (Å²) in [6.45, 7) is 7.24. The molecule has 1 rings (SSSR count). The Morgan fingerprint density at radius 2 is 1.44 bits per heavy atom. The molecule has 0 fully saturated rings. The van der Waals surface area contributed by atoms with Gasteiger partial charge in [0.1, 0.15) is 6.20 Å². The molecule has 1 heterocycles. The minimum atomic E-state index is -0.365. The normalized spacial score (nSPS) is 23.2. The van der Waals surface area contributed by atoms with Crippen LogP contribution in [0.2, 0.25) is 0 Å². The van der Waals surface area contributed by atoms with Crippen molar-refractivity contribution in [3.63, 3.8) is 0 Å². The van der Waals surface area contributed by atoms with Crippen molar-refractivity contribution in [1.29, 1.82) is 0 Å². The zero-order valence-electron chi connectivity index (χ0n) is 18.5. The molecule has 3 nitrogen and oxygen atoms in total. The lowest BCUT2D eigenvalue weighted by Crippen LogP contribution is -2.57. The van der Waals surface area contributed by atoms with Gasteiger partial charge in [0.2, 0.25) is 0 Å². The van der Waals surface area contributed by atoms with Gasteiger partial charge in [-0.1, -0.05) is 89.7 Å². The molecular weight excluding hydrogens is 332 g/mol. The van der Waals surface area contributed by atoms with Crippen molar-refractivity contribution in [2.75, 3.05) is 6.54 Å². The molecule has 0 saturated carbocycles. The molecular formula is C24H47N2O+. The number of nitrogens with one attached hydrogen (secondary N) is 1. The molecule has 0 aromatic rings. The van der Waals surface area contributed by atoms with Crippen LogP contribution < -0.4 is 5.32 Å². The molecule has 1 aliphatic rings. The van der Waals surface area contributed by atoms with Crippen LogP contribution >= 0.6 is 0 Å². The zero-order valence-corrected chi connectivity index (χ0v) is 18.5. The van der Waals surface area contributed by atoms with Crippen LogP contribution in [0.5, 0.6) is 0 Å². The first kappa shape index (κ1) is 24.2. The van der Waals surface area contributed by atoms with E-state index in [1.165, 1.54) is 83.5 Å². The van der Waals surface area contributed by atoms with Gasteiger partial charge in [-0.2, -0.15) is 0 Å². The van der Waals surface area contributed by atoms with Crippen LogP contribution in [-0.2, 0) is 0 Å². The maximum Gasteiger partial charge on any atom is 0.193 e. The minimum Gasteiger partial charge on any atom is -0.345 e. The van der Waals surface area contributed by atoms with Crippen molar-refractivity contribution >= 4 is 0 Å². The van der Waals surface area contributed by atoms with Gasteiger partial charge in [-0.05, 0) is 19.8 Å². The molecule has 0 radical (unpaired) electrons. The summed E-state index contributed by atoms with van der Waals surface area (Å²) in [5.41, 5.74) is 0. The zero-order chi connectivity index (χ0) is 19.8. The Hall–Kier alpha value is -0.800. The van der Waals surface area contributed by atoms with Gasteiger partial charge in [-0.3, -0.25) is 4.48 Å². The summed E-state index contributed by atoms with van der Waals surface area (Å²) in [5.74, 6) is 0. The lowest BCUT2D eigenvalue weighted by atomic mass is 10.0. The van der Waals surface area contributed by atoms with Crippen LogP contribution in [-0.4, -0.2) is 28.5 Å². The van der Waals surface area contributed by atoms with Gasteiger partial charge >= 0.3 is 0 Å². The topological polar surface area (TPSA) is 32.3 Å². The number of rotatable bonds is 17. The van der Waals surface area contributed by atoms with E-state index >= 15 is 0 Å². The third-order valence-electron chi connectivity index (χ3n) is 6.21. The van der Waals surface area contributed by atoms with Crippen LogP contribution in [0.1, 0.15) is 111 Å². The average molecular weight is 380 g/mol. The number of hydrogen-bond acceptors (Lipinski definition) is 2. The molecule has 158 valence electrons. The van der Waals surface area contributed by atoms with E-state index < -0.39 is 0 Å². The summed E-state index contributed by atoms with van der Waals surface area (Å²) in [4.78, 5) is 0. The predicted octanol–water partition coefficient (Wildman–Crippen LogP) is 6.60. The molecule has 0 aliphatic carbocycles. The fourth-order valence-electron chi connectivity index (χ4n) is 4.22. The van der Waals surface area contributed by atoms with Crippen molar-refractivity contribution in [2.45, 2.75) is 123 Å². The van der Waals surface area contributed by atoms with Gasteiger partial charge in [0, 0.05) is 13.3 Å². The molecule has 0 bridgehead atoms. The Bertz CT molecular complexity index is 405. The van der Waals surface area contributed by atoms with E-state index in [-0.39, 0.29) is 12.4 Å². The third kappa shape index (κ3) is 9.30. The monoisotopic (exact) mass is 379 g/mol. The van der Waals surface area contributed by atoms with E-state index in [0.717, 1.165) is 13.0 Å². The van der Waals surface area contributed by atoms with Crippen LogP contribution in [0, 0.1) is 0 Å². The van der Waals surface area contributed by atoms with Gasteiger partial charge in [0.05, 0.1) is 12.7 Å². The SMILES string of the molecule is CCCCCCCCCCCCCC/C=C/CC1NC=C[N+]1(CC)C(C)O. The predicted molar refractivity (Wildman–Crippen MR) is 118 cm³/mol. The molecule has 3 unspecified atom stereocenters. The van der Waals surface area contributed by atoms with Gasteiger partial charge in [-0.15, -0.1) is 0 Å². The Morgan fingerprint density at radius 3 is 1.96 bits per heavy atom. The second kappa shape index (κ2) is 15.2. The first-order valence-electron chi connectivity index (χ1n) is 11.8. The lowest BCUT2D eigenvalue weighted by molar-refractivity contribution is -0.941. The maximum atomic E-state index is 10.2. The second-order valence-electron chi connectivity index (χ2n) is 8.33. The Kier molecular flexibility index (Phi) is 13.6. The first-order valence-corrected chi connectivity index (χ1v) is 11.8. The number of aliphatic hydroxyl groups is 1. The molecule has 0 amide bonds. The van der Waals surface area contributed by atoms with Gasteiger partial charge < -0.3 is 10.4 Å². The van der Waals surface area contributed by atoms with Crippen LogP contribution in [0.4, 0.5) is 0 Å². The Balaban J connectivity index is 1.95. The highest BCUT2D eigenvalue weighted by molar-refractivity contribution is 4.91.